The van der Waals surface area contributed by atoms with Crippen LogP contribution in [-0.2, 0) is 11.2 Å². The standard InChI is InChI=1S/C31H31F3N6O2S/c1-4-18-21(32)9-8-19-24(18)20(12-23(26(19)33)42-15-41-3)29-27(34)28-25(22-10-11-35-40(22)29)30(38-31(37-28)43-5-2)39-13-16-6-7-17(14-39)36-16/h8-12,16-17,36H,4-7,13-15H2,1-3H3. The van der Waals surface area contributed by atoms with Crippen LogP contribution in [0.2, 0.25) is 0 Å². The van der Waals surface area contributed by atoms with Crippen LogP contribution in [0.15, 0.2) is 35.6 Å². The number of aryl methyl sites for hydroxylation is 1. The number of thioether (sulfide) groups is 1. The van der Waals surface area contributed by atoms with Crippen molar-refractivity contribution < 1.29 is 22.6 Å². The van der Waals surface area contributed by atoms with Crippen molar-refractivity contribution in [3.05, 3.63) is 53.5 Å². The van der Waals surface area contributed by atoms with E-state index in [0.29, 0.717) is 39.7 Å². The van der Waals surface area contributed by atoms with Gasteiger partial charge in [0.15, 0.2) is 29.3 Å². The summed E-state index contributed by atoms with van der Waals surface area (Å²) in [4.78, 5) is 11.9. The molecule has 2 aliphatic heterocycles. The molecule has 7 rings (SSSR count). The zero-order chi connectivity index (χ0) is 29.8. The molecule has 3 aromatic heterocycles. The lowest BCUT2D eigenvalue weighted by atomic mass is 9.93. The summed E-state index contributed by atoms with van der Waals surface area (Å²) in [6, 6.07) is 6.47. The van der Waals surface area contributed by atoms with E-state index in [1.165, 1.54) is 41.6 Å². The van der Waals surface area contributed by atoms with Gasteiger partial charge in [0.2, 0.25) is 0 Å². The van der Waals surface area contributed by atoms with Crippen molar-refractivity contribution in [2.75, 3.05) is 37.6 Å². The molecule has 2 fully saturated rings. The molecule has 2 unspecified atom stereocenters. The highest BCUT2D eigenvalue weighted by Crippen LogP contribution is 2.43. The molecule has 2 aromatic carbocycles. The van der Waals surface area contributed by atoms with E-state index in [0.717, 1.165) is 25.9 Å². The fourth-order valence-electron chi connectivity index (χ4n) is 6.60. The van der Waals surface area contributed by atoms with E-state index >= 15 is 13.2 Å². The van der Waals surface area contributed by atoms with Crippen molar-refractivity contribution in [3.8, 4) is 17.0 Å². The quantitative estimate of drug-likeness (QED) is 0.128. The molecule has 0 radical (unpaired) electrons. The van der Waals surface area contributed by atoms with E-state index in [-0.39, 0.29) is 52.1 Å². The highest BCUT2D eigenvalue weighted by molar-refractivity contribution is 7.99. The summed E-state index contributed by atoms with van der Waals surface area (Å²) in [7, 11) is 1.42. The molecule has 0 spiro atoms. The van der Waals surface area contributed by atoms with Crippen molar-refractivity contribution in [1.82, 2.24) is 24.9 Å². The monoisotopic (exact) mass is 608 g/mol. The maximum Gasteiger partial charge on any atom is 0.190 e. The number of hydrogen-bond donors (Lipinski definition) is 1. The molecule has 0 saturated carbocycles. The van der Waals surface area contributed by atoms with Gasteiger partial charge < -0.3 is 19.7 Å². The predicted octanol–water partition coefficient (Wildman–Crippen LogP) is 6.11. The van der Waals surface area contributed by atoms with Gasteiger partial charge in [-0.3, -0.25) is 0 Å². The highest BCUT2D eigenvalue weighted by atomic mass is 32.2. The Morgan fingerprint density at radius 1 is 1.02 bits per heavy atom. The van der Waals surface area contributed by atoms with E-state index < -0.39 is 17.5 Å². The largest absolute Gasteiger partial charge is 0.464 e. The predicted molar refractivity (Wildman–Crippen MR) is 162 cm³/mol. The lowest BCUT2D eigenvalue weighted by molar-refractivity contribution is 0.0485. The van der Waals surface area contributed by atoms with Gasteiger partial charge in [0.05, 0.1) is 17.1 Å². The Bertz CT molecular complexity index is 1870. The number of ether oxygens (including phenoxy) is 2. The Morgan fingerprint density at radius 2 is 1.81 bits per heavy atom. The van der Waals surface area contributed by atoms with Crippen molar-refractivity contribution in [1.29, 1.82) is 0 Å². The molecule has 5 aromatic rings. The van der Waals surface area contributed by atoms with Crippen molar-refractivity contribution >= 4 is 44.8 Å². The number of rotatable bonds is 8. The van der Waals surface area contributed by atoms with Gasteiger partial charge in [0.25, 0.3) is 0 Å². The Hall–Kier alpha value is -3.61. The third-order valence-electron chi connectivity index (χ3n) is 8.38. The summed E-state index contributed by atoms with van der Waals surface area (Å²) >= 11 is 1.44. The first-order valence-corrected chi connectivity index (χ1v) is 15.5. The summed E-state index contributed by atoms with van der Waals surface area (Å²) in [5.41, 5.74) is 1.30. The second-order valence-corrected chi connectivity index (χ2v) is 12.1. The molecule has 12 heteroatoms. The maximum atomic E-state index is 17.2. The Balaban J connectivity index is 1.57. The summed E-state index contributed by atoms with van der Waals surface area (Å²) in [6.45, 7) is 5.07. The minimum atomic E-state index is -0.678. The molecule has 0 aliphatic carbocycles. The number of aromatic nitrogens is 4. The molecule has 2 saturated heterocycles. The smallest absolute Gasteiger partial charge is 0.190 e. The number of halogens is 3. The minimum absolute atomic E-state index is 0.0394. The molecular formula is C31H31F3N6O2S. The van der Waals surface area contributed by atoms with Crippen molar-refractivity contribution in [3.63, 3.8) is 0 Å². The van der Waals surface area contributed by atoms with E-state index in [1.54, 1.807) is 19.2 Å². The SMILES string of the molecule is CCSc1nc(N2CC3CCC(C2)N3)c2c(n1)c(F)c(-c1cc(OCOC)c(F)c3ccc(F)c(CC)c13)n1nccc21. The number of nitrogens with zero attached hydrogens (tertiary/aromatic N) is 5. The van der Waals surface area contributed by atoms with E-state index in [1.807, 2.05) is 6.92 Å². The summed E-state index contributed by atoms with van der Waals surface area (Å²) in [6.07, 6.45) is 4.03. The van der Waals surface area contributed by atoms with Crippen LogP contribution in [0.3, 0.4) is 0 Å². The maximum absolute atomic E-state index is 17.2. The second-order valence-electron chi connectivity index (χ2n) is 10.9. The van der Waals surface area contributed by atoms with Gasteiger partial charge in [-0.1, -0.05) is 25.6 Å². The van der Waals surface area contributed by atoms with Gasteiger partial charge in [-0.25, -0.2) is 27.7 Å². The van der Waals surface area contributed by atoms with Crippen LogP contribution >= 0.6 is 11.8 Å². The number of anilines is 1. The van der Waals surface area contributed by atoms with Gasteiger partial charge in [-0.15, -0.1) is 0 Å². The van der Waals surface area contributed by atoms with Crippen molar-refractivity contribution in [2.45, 2.75) is 50.4 Å². The molecule has 2 bridgehead atoms. The minimum Gasteiger partial charge on any atom is -0.464 e. The van der Waals surface area contributed by atoms with Gasteiger partial charge in [0.1, 0.15) is 22.8 Å². The number of nitrogens with one attached hydrogen (secondary N) is 1. The number of fused-ring (bicyclic) bond motifs is 6. The first-order chi connectivity index (χ1) is 20.9. The van der Waals surface area contributed by atoms with Gasteiger partial charge in [-0.05, 0) is 54.8 Å². The first-order valence-electron chi connectivity index (χ1n) is 14.5. The number of piperazine rings is 1. The molecule has 43 heavy (non-hydrogen) atoms. The zero-order valence-corrected chi connectivity index (χ0v) is 24.9. The van der Waals surface area contributed by atoms with E-state index in [4.69, 9.17) is 19.4 Å². The molecule has 8 nitrogen and oxygen atoms in total. The fourth-order valence-corrected chi connectivity index (χ4v) is 7.16. The number of hydrogen-bond acceptors (Lipinski definition) is 8. The van der Waals surface area contributed by atoms with E-state index in [2.05, 4.69) is 15.3 Å². The average molecular weight is 609 g/mol. The summed E-state index contributed by atoms with van der Waals surface area (Å²) in [5, 5.41) is 9.57. The summed E-state index contributed by atoms with van der Waals surface area (Å²) < 4.78 is 60.2. The lowest BCUT2D eigenvalue weighted by Gasteiger charge is -2.34. The zero-order valence-electron chi connectivity index (χ0n) is 24.1. The third kappa shape index (κ3) is 4.58. The second kappa shape index (κ2) is 11.1. The highest BCUT2D eigenvalue weighted by Gasteiger charge is 2.35. The lowest BCUT2D eigenvalue weighted by Crippen LogP contribution is -2.51. The number of pyridine rings is 1. The van der Waals surface area contributed by atoms with Crippen LogP contribution in [0, 0.1) is 17.5 Å². The molecule has 1 N–H and O–H groups in total. The Morgan fingerprint density at radius 3 is 2.53 bits per heavy atom. The van der Waals surface area contributed by atoms with Gasteiger partial charge >= 0.3 is 0 Å². The summed E-state index contributed by atoms with van der Waals surface area (Å²) in [5.74, 6) is -0.587. The van der Waals surface area contributed by atoms with Crippen LogP contribution in [0.5, 0.6) is 5.75 Å². The molecule has 2 atom stereocenters. The van der Waals surface area contributed by atoms with Crippen LogP contribution < -0.4 is 15.0 Å². The van der Waals surface area contributed by atoms with Gasteiger partial charge in [-0.2, -0.15) is 5.10 Å². The average Bonchev–Trinajstić information content (AvgIpc) is 3.63. The number of methoxy groups -OCH3 is 1. The fraction of sp³-hybridized carbons (Fsp3) is 0.387. The van der Waals surface area contributed by atoms with Gasteiger partial charge in [0, 0.05) is 48.6 Å². The number of benzene rings is 2. The van der Waals surface area contributed by atoms with Crippen LogP contribution in [0.4, 0.5) is 19.0 Å². The van der Waals surface area contributed by atoms with Crippen molar-refractivity contribution in [2.24, 2.45) is 0 Å². The third-order valence-corrected chi connectivity index (χ3v) is 9.11. The first kappa shape index (κ1) is 28.2. The van der Waals surface area contributed by atoms with E-state index in [9.17, 15) is 0 Å². The topological polar surface area (TPSA) is 76.8 Å². The molecular weight excluding hydrogens is 577 g/mol. The molecule has 2 aliphatic rings. The van der Waals surface area contributed by atoms with Crippen LogP contribution in [-0.4, -0.2) is 64.4 Å². The van der Waals surface area contributed by atoms with Crippen LogP contribution in [0.25, 0.3) is 38.4 Å². The van der Waals surface area contributed by atoms with Crippen LogP contribution in [0.1, 0.15) is 32.3 Å². The Labute approximate surface area is 250 Å². The normalized spacial score (nSPS) is 18.4. The molecule has 0 amide bonds. The molecule has 224 valence electrons. The molecule has 5 heterocycles. The Kier molecular flexibility index (Phi) is 7.30.